The van der Waals surface area contributed by atoms with Crippen LogP contribution in [0.15, 0.2) is 71.7 Å². The van der Waals surface area contributed by atoms with E-state index in [1.165, 1.54) is 6.07 Å². The van der Waals surface area contributed by atoms with E-state index >= 15 is 4.79 Å². The van der Waals surface area contributed by atoms with E-state index in [0.29, 0.717) is 68.1 Å². The van der Waals surface area contributed by atoms with Crippen molar-refractivity contribution in [3.8, 4) is 5.75 Å². The zero-order valence-electron chi connectivity index (χ0n) is 28.7. The summed E-state index contributed by atoms with van der Waals surface area (Å²) in [6, 6.07) is 17.2. The van der Waals surface area contributed by atoms with E-state index in [0.717, 1.165) is 17.7 Å². The highest BCUT2D eigenvalue weighted by Crippen LogP contribution is 2.54. The maximum atomic E-state index is 15.1. The summed E-state index contributed by atoms with van der Waals surface area (Å²) in [4.78, 5) is 40.4. The van der Waals surface area contributed by atoms with Crippen molar-refractivity contribution in [3.63, 3.8) is 0 Å². The Morgan fingerprint density at radius 2 is 1.43 bits per heavy atom. The molecule has 14 heteroatoms. The fraction of sp³-hybridized carbons (Fsp3) is 0.432. The highest BCUT2D eigenvalue weighted by atomic mass is 35.5. The summed E-state index contributed by atoms with van der Waals surface area (Å²) in [5.41, 5.74) is -1.60. The number of urea groups is 1. The molecule has 3 amide bonds. The van der Waals surface area contributed by atoms with Gasteiger partial charge in [0.1, 0.15) is 22.7 Å². The molecule has 0 bridgehead atoms. The van der Waals surface area contributed by atoms with E-state index in [-0.39, 0.29) is 42.2 Å². The largest absolute Gasteiger partial charge is 0.493 e. The number of amidine groups is 1. The summed E-state index contributed by atoms with van der Waals surface area (Å²) in [6.45, 7) is 9.49. The first kappa shape index (κ1) is 36.9. The molecule has 6 rings (SSSR count). The Balaban J connectivity index is 1.44. The van der Waals surface area contributed by atoms with Gasteiger partial charge in [0.2, 0.25) is 5.91 Å². The number of alkyl halides is 3. The fourth-order valence-electron chi connectivity index (χ4n) is 7.07. The number of piperazine rings is 1. The van der Waals surface area contributed by atoms with Crippen LogP contribution in [0.2, 0.25) is 10.0 Å². The van der Waals surface area contributed by atoms with Crippen molar-refractivity contribution in [2.24, 2.45) is 4.99 Å². The second-order valence-electron chi connectivity index (χ2n) is 13.1. The first-order valence-corrected chi connectivity index (χ1v) is 17.6. The number of benzene rings is 3. The molecule has 0 spiro atoms. The average Bonchev–Trinajstić information content (AvgIpc) is 3.36. The molecule has 51 heavy (non-hydrogen) atoms. The maximum Gasteiger partial charge on any atom is 0.416 e. The molecule has 2 fully saturated rings. The van der Waals surface area contributed by atoms with Gasteiger partial charge in [-0.3, -0.25) is 19.6 Å². The minimum Gasteiger partial charge on any atom is -0.493 e. The van der Waals surface area contributed by atoms with Crippen molar-refractivity contribution in [1.82, 2.24) is 19.6 Å². The monoisotopic (exact) mass is 745 g/mol. The number of rotatable bonds is 7. The van der Waals surface area contributed by atoms with Crippen LogP contribution in [0.3, 0.4) is 0 Å². The van der Waals surface area contributed by atoms with E-state index in [4.69, 9.17) is 37.7 Å². The van der Waals surface area contributed by atoms with Gasteiger partial charge >= 0.3 is 12.2 Å². The lowest BCUT2D eigenvalue weighted by Gasteiger charge is -2.47. The molecule has 0 unspecified atom stereocenters. The van der Waals surface area contributed by atoms with Crippen molar-refractivity contribution in [1.29, 1.82) is 0 Å². The van der Waals surface area contributed by atoms with E-state index in [9.17, 15) is 18.0 Å². The fourth-order valence-corrected chi connectivity index (χ4v) is 7.32. The lowest BCUT2D eigenvalue weighted by atomic mass is 9.71. The van der Waals surface area contributed by atoms with Crippen LogP contribution in [0.4, 0.5) is 18.0 Å². The number of ether oxygens (including phenoxy) is 2. The number of carbonyl (C=O) groups is 2. The highest BCUT2D eigenvalue weighted by Gasteiger charge is 2.60. The van der Waals surface area contributed by atoms with E-state index in [1.807, 2.05) is 43.0 Å². The molecule has 272 valence electrons. The molecule has 0 saturated carbocycles. The molecule has 3 heterocycles. The number of nitrogens with zero attached hydrogens (tertiary/aromatic N) is 5. The van der Waals surface area contributed by atoms with Gasteiger partial charge in [-0.15, -0.1) is 0 Å². The molecular formula is C37H40Cl2F3N5O4. The number of aliphatic imine (C=N–C) groups is 1. The topological polar surface area (TPSA) is 77.9 Å². The summed E-state index contributed by atoms with van der Waals surface area (Å²) >= 11 is 12.6. The Kier molecular flexibility index (Phi) is 10.6. The van der Waals surface area contributed by atoms with Crippen LogP contribution in [0, 0.1) is 0 Å². The standard InChI is InChI=1S/C37H40Cl2F3N5O4/c1-4-51-31-23-27(37(40,41)42)9-14-30(31)33-43-35(2,25-5-10-28(38)11-6-25)36(3,26-7-12-29(39)13-8-26)47(33)34(49)46-17-15-44(16-18-46)24-32(48)45-19-21-50-22-20-45/h5-14,23H,4,15-22,24H2,1-3H3/t35-,36-/m0/s1. The first-order chi connectivity index (χ1) is 24.3. The summed E-state index contributed by atoms with van der Waals surface area (Å²) in [6.07, 6.45) is -4.62. The summed E-state index contributed by atoms with van der Waals surface area (Å²) in [5.74, 6) is 0.137. The van der Waals surface area contributed by atoms with Crippen LogP contribution < -0.4 is 4.74 Å². The number of hydrogen-bond acceptors (Lipinski definition) is 6. The van der Waals surface area contributed by atoms with Crippen LogP contribution in [0.1, 0.15) is 43.0 Å². The Morgan fingerprint density at radius 1 is 0.843 bits per heavy atom. The van der Waals surface area contributed by atoms with Gasteiger partial charge in [0.25, 0.3) is 0 Å². The molecular weight excluding hydrogens is 706 g/mol. The third-order valence-electron chi connectivity index (χ3n) is 10.2. The van der Waals surface area contributed by atoms with E-state index in [1.54, 1.807) is 45.9 Å². The lowest BCUT2D eigenvalue weighted by molar-refractivity contribution is -0.138. The second kappa shape index (κ2) is 14.7. The smallest absolute Gasteiger partial charge is 0.416 e. The van der Waals surface area contributed by atoms with Crippen LogP contribution in [-0.2, 0) is 26.8 Å². The maximum absolute atomic E-state index is 15.1. The molecule has 0 radical (unpaired) electrons. The Labute approximate surface area is 305 Å². The van der Waals surface area contributed by atoms with Crippen molar-refractivity contribution in [2.45, 2.75) is 38.0 Å². The highest BCUT2D eigenvalue weighted by molar-refractivity contribution is 6.30. The third-order valence-corrected chi connectivity index (χ3v) is 10.7. The van der Waals surface area contributed by atoms with Gasteiger partial charge in [0.15, 0.2) is 0 Å². The average molecular weight is 747 g/mol. The Morgan fingerprint density at radius 3 is 2.00 bits per heavy atom. The number of carbonyl (C=O) groups excluding carboxylic acids is 2. The van der Waals surface area contributed by atoms with Crippen LogP contribution in [-0.4, -0.2) is 103 Å². The van der Waals surface area contributed by atoms with Crippen LogP contribution >= 0.6 is 23.2 Å². The third kappa shape index (κ3) is 7.16. The zero-order chi connectivity index (χ0) is 36.6. The van der Waals surface area contributed by atoms with Gasteiger partial charge in [-0.1, -0.05) is 47.5 Å². The summed E-state index contributed by atoms with van der Waals surface area (Å²) in [7, 11) is 0. The van der Waals surface area contributed by atoms with Gasteiger partial charge < -0.3 is 19.3 Å². The number of halogens is 5. The molecule has 0 N–H and O–H groups in total. The quantitative estimate of drug-likeness (QED) is 0.263. The van der Waals surface area contributed by atoms with E-state index < -0.39 is 22.8 Å². The molecule has 9 nitrogen and oxygen atoms in total. The Hall–Kier alpha value is -3.84. The Bertz CT molecular complexity index is 1780. The number of morpholine rings is 1. The van der Waals surface area contributed by atoms with Crippen LogP contribution in [0.5, 0.6) is 5.75 Å². The van der Waals surface area contributed by atoms with Crippen molar-refractivity contribution < 1.29 is 32.2 Å². The SMILES string of the molecule is CCOc1cc(C(F)(F)F)ccc1C1=N[C@@](C)(c2ccc(Cl)cc2)[C@](C)(c2ccc(Cl)cc2)N1C(=O)N1CCN(CC(=O)N2CCOCC2)CC1. The molecule has 3 aliphatic heterocycles. The van der Waals surface area contributed by atoms with Crippen molar-refractivity contribution in [2.75, 3.05) is 65.6 Å². The lowest BCUT2D eigenvalue weighted by Crippen LogP contribution is -2.61. The molecule has 3 aromatic carbocycles. The number of hydrogen-bond donors (Lipinski definition) is 0. The van der Waals surface area contributed by atoms with Gasteiger partial charge in [0.05, 0.1) is 37.5 Å². The molecule has 2 saturated heterocycles. The minimum absolute atomic E-state index is 0.0202. The minimum atomic E-state index is -4.62. The molecule has 3 aliphatic rings. The second-order valence-corrected chi connectivity index (χ2v) is 14.0. The predicted octanol–water partition coefficient (Wildman–Crippen LogP) is 6.90. The predicted molar refractivity (Wildman–Crippen MR) is 189 cm³/mol. The van der Waals surface area contributed by atoms with Gasteiger partial charge in [-0.05, 0) is 74.4 Å². The number of amides is 3. The molecule has 0 aromatic heterocycles. The van der Waals surface area contributed by atoms with Crippen molar-refractivity contribution >= 4 is 41.0 Å². The first-order valence-electron chi connectivity index (χ1n) is 16.9. The molecule has 3 aromatic rings. The summed E-state index contributed by atoms with van der Waals surface area (Å²) in [5, 5.41) is 1.01. The normalized spacial score (nSPS) is 23.0. The zero-order valence-corrected chi connectivity index (χ0v) is 30.2. The molecule has 2 atom stereocenters. The van der Waals surface area contributed by atoms with E-state index in [2.05, 4.69) is 0 Å². The van der Waals surface area contributed by atoms with Crippen molar-refractivity contribution in [3.05, 3.63) is 99.0 Å². The van der Waals surface area contributed by atoms with Crippen LogP contribution in [0.25, 0.3) is 0 Å². The molecule has 0 aliphatic carbocycles. The van der Waals surface area contributed by atoms with Gasteiger partial charge in [0, 0.05) is 49.3 Å². The van der Waals surface area contributed by atoms with Gasteiger partial charge in [-0.2, -0.15) is 13.2 Å². The van der Waals surface area contributed by atoms with Gasteiger partial charge in [-0.25, -0.2) is 4.79 Å². The summed E-state index contributed by atoms with van der Waals surface area (Å²) < 4.78 is 53.0.